The normalized spacial score (nSPS) is 11.7. The molecule has 30 heavy (non-hydrogen) atoms. The Hall–Kier alpha value is -3.23. The van der Waals surface area contributed by atoms with E-state index in [2.05, 4.69) is 16.0 Å². The number of nitrogens with one attached hydrogen (secondary N) is 3. The van der Waals surface area contributed by atoms with Gasteiger partial charge in [-0.3, -0.25) is 4.79 Å². The average molecular weight is 450 g/mol. The van der Waals surface area contributed by atoms with Crippen molar-refractivity contribution < 1.29 is 23.9 Å². The first-order valence-electron chi connectivity index (χ1n) is 8.81. The van der Waals surface area contributed by atoms with Crippen molar-refractivity contribution in [3.8, 4) is 0 Å². The predicted octanol–water partition coefficient (Wildman–Crippen LogP) is 3.42. The Balaban J connectivity index is 1.56. The second-order valence-corrected chi connectivity index (χ2v) is 7.10. The third-order valence-corrected chi connectivity index (χ3v) is 4.89. The zero-order valence-corrected chi connectivity index (χ0v) is 17.0. The van der Waals surface area contributed by atoms with Crippen molar-refractivity contribution in [2.45, 2.75) is 12.6 Å². The van der Waals surface area contributed by atoms with Gasteiger partial charge in [0.15, 0.2) is 0 Å². The fourth-order valence-electron chi connectivity index (χ4n) is 2.75. The van der Waals surface area contributed by atoms with Crippen LogP contribution in [0.15, 0.2) is 53.1 Å². The Morgan fingerprint density at radius 3 is 2.40 bits per heavy atom. The third-order valence-electron chi connectivity index (χ3n) is 4.26. The maximum absolute atomic E-state index is 12.4. The van der Waals surface area contributed by atoms with E-state index in [9.17, 15) is 19.5 Å². The van der Waals surface area contributed by atoms with Gasteiger partial charge in [-0.05, 0) is 18.2 Å². The number of hydrogen-bond donors (Lipinski definition) is 4. The average Bonchev–Trinajstić information content (AvgIpc) is 3.12. The lowest BCUT2D eigenvalue weighted by atomic mass is 10.2. The molecule has 0 aliphatic rings. The van der Waals surface area contributed by atoms with Gasteiger partial charge in [0.25, 0.3) is 5.91 Å². The van der Waals surface area contributed by atoms with Crippen molar-refractivity contribution in [2.75, 3.05) is 6.54 Å². The molecule has 2 aromatic carbocycles. The van der Waals surface area contributed by atoms with Crippen LogP contribution in [0.3, 0.4) is 0 Å². The number of aliphatic carboxylic acids is 1. The third kappa shape index (κ3) is 5.03. The maximum atomic E-state index is 12.4. The van der Waals surface area contributed by atoms with E-state index in [1.54, 1.807) is 12.3 Å². The van der Waals surface area contributed by atoms with E-state index >= 15 is 0 Å². The maximum Gasteiger partial charge on any atom is 0.328 e. The Morgan fingerprint density at radius 1 is 1.00 bits per heavy atom. The molecule has 0 saturated carbocycles. The number of carboxylic acid groups (broad SMARTS) is 1. The van der Waals surface area contributed by atoms with Gasteiger partial charge in [0.2, 0.25) is 0 Å². The Morgan fingerprint density at radius 2 is 1.70 bits per heavy atom. The number of amides is 3. The molecule has 3 amide bonds. The summed E-state index contributed by atoms with van der Waals surface area (Å²) in [6.45, 7) is -0.163. The number of fused-ring (bicyclic) bond motifs is 1. The van der Waals surface area contributed by atoms with Crippen LogP contribution in [0.1, 0.15) is 15.9 Å². The van der Waals surface area contributed by atoms with Crippen LogP contribution in [0.2, 0.25) is 10.0 Å². The molecule has 3 rings (SSSR count). The van der Waals surface area contributed by atoms with Crippen molar-refractivity contribution in [3.05, 3.63) is 69.9 Å². The topological polar surface area (TPSA) is 121 Å². The number of carbonyl (C=O) groups is 3. The van der Waals surface area contributed by atoms with Crippen LogP contribution in [0.25, 0.3) is 11.0 Å². The zero-order chi connectivity index (χ0) is 21.7. The second-order valence-electron chi connectivity index (χ2n) is 6.28. The number of rotatable bonds is 7. The number of hydrogen-bond acceptors (Lipinski definition) is 4. The molecule has 1 heterocycles. The summed E-state index contributed by atoms with van der Waals surface area (Å²) in [5.74, 6) is -2.09. The lowest BCUT2D eigenvalue weighted by molar-refractivity contribution is -0.139. The van der Waals surface area contributed by atoms with Gasteiger partial charge < -0.3 is 25.5 Å². The van der Waals surface area contributed by atoms with E-state index in [1.807, 2.05) is 24.3 Å². The largest absolute Gasteiger partial charge is 0.480 e. The SMILES string of the molecule is O=C(NCc1coc2ccccc12)NCC(NC(=O)c1c(Cl)cccc1Cl)C(=O)O. The van der Waals surface area contributed by atoms with Crippen molar-refractivity contribution in [2.24, 2.45) is 0 Å². The van der Waals surface area contributed by atoms with Crippen LogP contribution in [-0.2, 0) is 11.3 Å². The number of para-hydroxylation sites is 1. The van der Waals surface area contributed by atoms with Crippen LogP contribution in [-0.4, -0.2) is 35.6 Å². The summed E-state index contributed by atoms with van der Waals surface area (Å²) >= 11 is 11.9. The molecule has 0 aliphatic carbocycles. The van der Waals surface area contributed by atoms with Gasteiger partial charge >= 0.3 is 12.0 Å². The standard InChI is InChI=1S/C20H17Cl2N3O5/c21-13-5-3-6-14(22)17(13)18(26)25-15(19(27)28)9-24-20(29)23-8-11-10-30-16-7-2-1-4-12(11)16/h1-7,10,15H,8-9H2,(H,25,26)(H,27,28)(H2,23,24,29). The highest BCUT2D eigenvalue weighted by atomic mass is 35.5. The Kier molecular flexibility index (Phi) is 6.81. The van der Waals surface area contributed by atoms with Gasteiger partial charge in [-0.2, -0.15) is 0 Å². The molecule has 0 bridgehead atoms. The van der Waals surface area contributed by atoms with Crippen LogP contribution >= 0.6 is 23.2 Å². The molecular weight excluding hydrogens is 433 g/mol. The highest BCUT2D eigenvalue weighted by molar-refractivity contribution is 6.39. The molecule has 0 fully saturated rings. The van der Waals surface area contributed by atoms with E-state index in [0.29, 0.717) is 5.58 Å². The molecule has 1 atom stereocenters. The molecule has 0 saturated heterocycles. The smallest absolute Gasteiger partial charge is 0.328 e. The molecule has 1 aromatic heterocycles. The van der Waals surface area contributed by atoms with Crippen molar-refractivity contribution in [3.63, 3.8) is 0 Å². The molecule has 0 spiro atoms. The van der Waals surface area contributed by atoms with Gasteiger partial charge in [0.1, 0.15) is 11.6 Å². The first-order chi connectivity index (χ1) is 14.4. The fraction of sp³-hybridized carbons (Fsp3) is 0.150. The summed E-state index contributed by atoms with van der Waals surface area (Å²) in [5, 5.41) is 17.7. The first-order valence-corrected chi connectivity index (χ1v) is 9.57. The number of benzene rings is 2. The first kappa shape index (κ1) is 21.5. The minimum absolute atomic E-state index is 0.0385. The molecule has 0 radical (unpaired) electrons. The molecule has 0 aliphatic heterocycles. The number of urea groups is 1. The van der Waals surface area contributed by atoms with Crippen LogP contribution in [0, 0.1) is 0 Å². The van der Waals surface area contributed by atoms with E-state index in [0.717, 1.165) is 10.9 Å². The van der Waals surface area contributed by atoms with Crippen molar-refractivity contribution >= 4 is 52.1 Å². The minimum Gasteiger partial charge on any atom is -0.480 e. The van der Waals surface area contributed by atoms with Gasteiger partial charge in [-0.25, -0.2) is 9.59 Å². The van der Waals surface area contributed by atoms with Crippen LogP contribution < -0.4 is 16.0 Å². The molecule has 10 heteroatoms. The lowest BCUT2D eigenvalue weighted by Crippen LogP contribution is -2.50. The predicted molar refractivity (Wildman–Crippen MR) is 112 cm³/mol. The zero-order valence-electron chi connectivity index (χ0n) is 15.4. The Bertz CT molecular complexity index is 1080. The highest BCUT2D eigenvalue weighted by Gasteiger charge is 2.24. The van der Waals surface area contributed by atoms with Crippen LogP contribution in [0.5, 0.6) is 0 Å². The van der Waals surface area contributed by atoms with Gasteiger partial charge in [-0.1, -0.05) is 47.5 Å². The summed E-state index contributed by atoms with van der Waals surface area (Å²) in [4.78, 5) is 35.9. The molecule has 3 aromatic rings. The number of furan rings is 1. The number of halogens is 2. The minimum atomic E-state index is -1.38. The van der Waals surface area contributed by atoms with Crippen molar-refractivity contribution in [1.82, 2.24) is 16.0 Å². The highest BCUT2D eigenvalue weighted by Crippen LogP contribution is 2.24. The number of carboxylic acids is 1. The summed E-state index contributed by atoms with van der Waals surface area (Å²) < 4.78 is 5.40. The van der Waals surface area contributed by atoms with Crippen LogP contribution in [0.4, 0.5) is 4.79 Å². The Labute approximate surface area is 181 Å². The van der Waals surface area contributed by atoms with Gasteiger partial charge in [-0.15, -0.1) is 0 Å². The molecule has 4 N–H and O–H groups in total. The summed E-state index contributed by atoms with van der Waals surface area (Å²) in [7, 11) is 0. The monoisotopic (exact) mass is 449 g/mol. The van der Waals surface area contributed by atoms with Crippen molar-refractivity contribution in [1.29, 1.82) is 0 Å². The van der Waals surface area contributed by atoms with Gasteiger partial charge in [0, 0.05) is 17.5 Å². The second kappa shape index (κ2) is 9.51. The summed E-state index contributed by atoms with van der Waals surface area (Å²) in [5.41, 5.74) is 1.43. The molecule has 1 unspecified atom stereocenters. The van der Waals surface area contributed by atoms with E-state index in [-0.39, 0.29) is 28.7 Å². The lowest BCUT2D eigenvalue weighted by Gasteiger charge is -2.16. The van der Waals surface area contributed by atoms with E-state index < -0.39 is 23.9 Å². The number of carbonyl (C=O) groups excluding carboxylic acids is 2. The van der Waals surface area contributed by atoms with Gasteiger partial charge in [0.05, 0.1) is 28.4 Å². The summed E-state index contributed by atoms with van der Waals surface area (Å²) in [6, 6.07) is 9.87. The molecular formula is C20H17Cl2N3O5. The fourth-order valence-corrected chi connectivity index (χ4v) is 3.32. The van der Waals surface area contributed by atoms with E-state index in [4.69, 9.17) is 27.6 Å². The molecule has 156 valence electrons. The quantitative estimate of drug-likeness (QED) is 0.440. The summed E-state index contributed by atoms with van der Waals surface area (Å²) in [6.07, 6.45) is 1.54. The molecule has 8 nitrogen and oxygen atoms in total. The van der Waals surface area contributed by atoms with E-state index in [1.165, 1.54) is 12.1 Å².